The van der Waals surface area contributed by atoms with Crippen LogP contribution in [-0.4, -0.2) is 42.5 Å². The summed E-state index contributed by atoms with van der Waals surface area (Å²) < 4.78 is 9.96. The van der Waals surface area contributed by atoms with Crippen LogP contribution < -0.4 is 0 Å². The van der Waals surface area contributed by atoms with E-state index in [-0.39, 0.29) is 6.54 Å². The van der Waals surface area contributed by atoms with Crippen LogP contribution in [0, 0.1) is 6.92 Å². The summed E-state index contributed by atoms with van der Waals surface area (Å²) in [5.74, 6) is -1.54. The molecule has 0 unspecified atom stereocenters. The van der Waals surface area contributed by atoms with Crippen LogP contribution in [0.2, 0.25) is 0 Å². The van der Waals surface area contributed by atoms with Crippen molar-refractivity contribution in [3.05, 3.63) is 76.9 Å². The van der Waals surface area contributed by atoms with E-state index in [1.165, 1.54) is 18.1 Å². The maximum Gasteiger partial charge on any atom is 0.331 e. The molecule has 6 heteroatoms. The number of hydrogen-bond donors (Lipinski definition) is 0. The molecule has 0 saturated heterocycles. The molecule has 6 nitrogen and oxygen atoms in total. The molecule has 0 spiro atoms. The highest BCUT2D eigenvalue weighted by atomic mass is 16.5. The number of esters is 2. The van der Waals surface area contributed by atoms with Crippen LogP contribution in [0.5, 0.6) is 0 Å². The normalized spacial score (nSPS) is 15.7. The first-order chi connectivity index (χ1) is 14.0. The van der Waals surface area contributed by atoms with E-state index in [4.69, 9.17) is 9.47 Å². The predicted octanol–water partition coefficient (Wildman–Crippen LogP) is 2.68. The van der Waals surface area contributed by atoms with E-state index >= 15 is 0 Å². The van der Waals surface area contributed by atoms with Gasteiger partial charge in [-0.1, -0.05) is 48.5 Å². The lowest BCUT2D eigenvalue weighted by Crippen LogP contribution is -2.50. The van der Waals surface area contributed by atoms with Crippen LogP contribution in [0.25, 0.3) is 6.08 Å². The molecule has 150 valence electrons. The van der Waals surface area contributed by atoms with Crippen LogP contribution in [0.15, 0.2) is 54.6 Å². The molecule has 1 amide bonds. The number of nitrogens with zero attached hydrogens (tertiary/aromatic N) is 1. The van der Waals surface area contributed by atoms with Crippen molar-refractivity contribution in [1.82, 2.24) is 4.90 Å². The first-order valence-electron chi connectivity index (χ1n) is 9.34. The van der Waals surface area contributed by atoms with E-state index in [1.54, 1.807) is 6.08 Å². The second kappa shape index (κ2) is 9.19. The minimum atomic E-state index is -0.733. The van der Waals surface area contributed by atoms with Crippen molar-refractivity contribution in [1.29, 1.82) is 0 Å². The summed E-state index contributed by atoms with van der Waals surface area (Å²) in [6, 6.07) is 14.5. The van der Waals surface area contributed by atoms with E-state index in [0.29, 0.717) is 6.42 Å². The number of fused-ring (bicyclic) bond motifs is 1. The van der Waals surface area contributed by atoms with Gasteiger partial charge in [0.1, 0.15) is 6.04 Å². The van der Waals surface area contributed by atoms with Gasteiger partial charge in [-0.2, -0.15) is 0 Å². The summed E-state index contributed by atoms with van der Waals surface area (Å²) >= 11 is 0. The highest BCUT2D eigenvalue weighted by Gasteiger charge is 2.35. The molecule has 0 aromatic heterocycles. The maximum atomic E-state index is 12.7. The zero-order valence-electron chi connectivity index (χ0n) is 16.5. The Morgan fingerprint density at radius 3 is 2.48 bits per heavy atom. The number of rotatable bonds is 5. The quantitative estimate of drug-likeness (QED) is 0.577. The van der Waals surface area contributed by atoms with Crippen molar-refractivity contribution < 1.29 is 23.9 Å². The predicted molar refractivity (Wildman–Crippen MR) is 108 cm³/mol. The topological polar surface area (TPSA) is 72.9 Å². The summed E-state index contributed by atoms with van der Waals surface area (Å²) in [6.07, 6.45) is 3.31. The Bertz CT molecular complexity index is 950. The Hall–Kier alpha value is -3.41. The molecule has 1 aliphatic rings. The lowest BCUT2D eigenvalue weighted by Gasteiger charge is -2.35. The standard InChI is InChI=1S/C23H23NO5/c1-16-7-3-4-8-17(16)11-12-22(26)29-15-21(25)24-14-19-10-6-5-9-18(19)13-20(24)23(27)28-2/h3-12,20H,13-15H2,1-2H3/b12-11+/t20-/m1/s1. The number of ether oxygens (including phenoxy) is 2. The lowest BCUT2D eigenvalue weighted by molar-refractivity contribution is -0.158. The van der Waals surface area contributed by atoms with Gasteiger partial charge >= 0.3 is 11.9 Å². The largest absolute Gasteiger partial charge is 0.467 e. The molecule has 1 heterocycles. The van der Waals surface area contributed by atoms with Gasteiger partial charge in [0.25, 0.3) is 5.91 Å². The van der Waals surface area contributed by atoms with E-state index in [2.05, 4.69) is 0 Å². The van der Waals surface area contributed by atoms with Crippen LogP contribution in [0.1, 0.15) is 22.3 Å². The third-order valence-electron chi connectivity index (χ3n) is 4.97. The highest BCUT2D eigenvalue weighted by Crippen LogP contribution is 2.24. The first kappa shape index (κ1) is 20.3. The first-order valence-corrected chi connectivity index (χ1v) is 9.34. The maximum absolute atomic E-state index is 12.7. The Labute approximate surface area is 169 Å². The van der Waals surface area contributed by atoms with Gasteiger partial charge in [-0.25, -0.2) is 9.59 Å². The zero-order valence-corrected chi connectivity index (χ0v) is 16.5. The number of hydrogen-bond acceptors (Lipinski definition) is 5. The fraction of sp³-hybridized carbons (Fsp3) is 0.261. The van der Waals surface area contributed by atoms with E-state index < -0.39 is 30.5 Å². The third-order valence-corrected chi connectivity index (χ3v) is 4.97. The Balaban J connectivity index is 1.64. The molecule has 0 radical (unpaired) electrons. The molecule has 3 rings (SSSR count). The van der Waals surface area contributed by atoms with Crippen molar-refractivity contribution in [2.75, 3.05) is 13.7 Å². The second-order valence-corrected chi connectivity index (χ2v) is 6.83. The molecule has 0 bridgehead atoms. The summed E-state index contributed by atoms with van der Waals surface area (Å²) in [5.41, 5.74) is 3.89. The van der Waals surface area contributed by atoms with Gasteiger partial charge in [-0.3, -0.25) is 4.79 Å². The van der Waals surface area contributed by atoms with Gasteiger partial charge in [0.15, 0.2) is 6.61 Å². The average Bonchev–Trinajstić information content (AvgIpc) is 2.75. The molecule has 0 fully saturated rings. The Kier molecular flexibility index (Phi) is 6.44. The lowest BCUT2D eigenvalue weighted by atomic mass is 9.94. The van der Waals surface area contributed by atoms with Crippen molar-refractivity contribution in [2.45, 2.75) is 25.9 Å². The highest BCUT2D eigenvalue weighted by molar-refractivity contribution is 5.91. The molecule has 1 atom stereocenters. The molecule has 0 saturated carbocycles. The van der Waals surface area contributed by atoms with Crippen molar-refractivity contribution >= 4 is 23.9 Å². The summed E-state index contributed by atoms with van der Waals surface area (Å²) in [6.45, 7) is 1.77. The van der Waals surface area contributed by atoms with Crippen molar-refractivity contribution in [3.8, 4) is 0 Å². The zero-order chi connectivity index (χ0) is 20.8. The van der Waals surface area contributed by atoms with Gasteiger partial charge in [0, 0.05) is 19.0 Å². The number of carbonyl (C=O) groups is 3. The number of aryl methyl sites for hydroxylation is 1. The molecule has 2 aromatic rings. The van der Waals surface area contributed by atoms with Gasteiger partial charge in [-0.05, 0) is 35.3 Å². The van der Waals surface area contributed by atoms with Gasteiger partial charge < -0.3 is 14.4 Å². The van der Waals surface area contributed by atoms with E-state index in [1.807, 2.05) is 55.5 Å². The molecule has 1 aliphatic heterocycles. The molecule has 0 aliphatic carbocycles. The monoisotopic (exact) mass is 393 g/mol. The molecular formula is C23H23NO5. The van der Waals surface area contributed by atoms with E-state index in [0.717, 1.165) is 22.3 Å². The number of methoxy groups -OCH3 is 1. The van der Waals surface area contributed by atoms with Crippen LogP contribution >= 0.6 is 0 Å². The van der Waals surface area contributed by atoms with Gasteiger partial charge in [0.2, 0.25) is 0 Å². The van der Waals surface area contributed by atoms with Crippen molar-refractivity contribution in [2.24, 2.45) is 0 Å². The van der Waals surface area contributed by atoms with Crippen molar-refractivity contribution in [3.63, 3.8) is 0 Å². The second-order valence-electron chi connectivity index (χ2n) is 6.83. The number of amides is 1. The fourth-order valence-corrected chi connectivity index (χ4v) is 3.33. The minimum Gasteiger partial charge on any atom is -0.467 e. The molecule has 0 N–H and O–H groups in total. The molecule has 2 aromatic carbocycles. The molecule has 29 heavy (non-hydrogen) atoms. The third kappa shape index (κ3) is 4.90. The average molecular weight is 393 g/mol. The van der Waals surface area contributed by atoms with Crippen LogP contribution in [0.4, 0.5) is 0 Å². The summed E-state index contributed by atoms with van der Waals surface area (Å²) in [5, 5.41) is 0. The minimum absolute atomic E-state index is 0.269. The Morgan fingerprint density at radius 2 is 1.76 bits per heavy atom. The van der Waals surface area contributed by atoms with Gasteiger partial charge in [0.05, 0.1) is 7.11 Å². The Morgan fingerprint density at radius 1 is 1.07 bits per heavy atom. The smallest absolute Gasteiger partial charge is 0.331 e. The van der Waals surface area contributed by atoms with Crippen LogP contribution in [0.3, 0.4) is 0 Å². The SMILES string of the molecule is COC(=O)[C@H]1Cc2ccccc2CN1C(=O)COC(=O)/C=C/c1ccccc1C. The number of carbonyl (C=O) groups excluding carboxylic acids is 3. The fourth-order valence-electron chi connectivity index (χ4n) is 3.33. The summed E-state index contributed by atoms with van der Waals surface area (Å²) in [7, 11) is 1.29. The van der Waals surface area contributed by atoms with E-state index in [9.17, 15) is 14.4 Å². The van der Waals surface area contributed by atoms with Crippen LogP contribution in [-0.2, 0) is 36.8 Å². The molecular weight excluding hydrogens is 370 g/mol. The number of benzene rings is 2. The summed E-state index contributed by atoms with van der Waals surface area (Å²) in [4.78, 5) is 38.3. The van der Waals surface area contributed by atoms with Gasteiger partial charge in [-0.15, -0.1) is 0 Å².